The van der Waals surface area contributed by atoms with Crippen LogP contribution in [0.25, 0.3) is 11.1 Å². The number of hydrogen-bond donors (Lipinski definition) is 1. The number of benzene rings is 2. The van der Waals surface area contributed by atoms with E-state index in [1.54, 1.807) is 24.3 Å². The van der Waals surface area contributed by atoms with E-state index >= 15 is 0 Å². The average molecular weight is 360 g/mol. The second kappa shape index (κ2) is 5.13. The van der Waals surface area contributed by atoms with Crippen molar-refractivity contribution in [2.24, 2.45) is 0 Å². The molecule has 0 amide bonds. The summed E-state index contributed by atoms with van der Waals surface area (Å²) in [6, 6.07) is 11.3. The molecule has 0 unspecified atom stereocenters. The van der Waals surface area contributed by atoms with E-state index in [0.29, 0.717) is 17.0 Å². The summed E-state index contributed by atoms with van der Waals surface area (Å²) in [5.74, 6) is -0.112. The summed E-state index contributed by atoms with van der Waals surface area (Å²) in [4.78, 5) is 13.8. The monoisotopic (exact) mass is 360 g/mol. The summed E-state index contributed by atoms with van der Waals surface area (Å²) in [5, 5.41) is 0. The van der Waals surface area contributed by atoms with Crippen molar-refractivity contribution in [1.82, 2.24) is 4.98 Å². The van der Waals surface area contributed by atoms with Gasteiger partial charge < -0.3 is 9.15 Å². The Bertz CT molecular complexity index is 1130. The molecule has 1 aliphatic rings. The van der Waals surface area contributed by atoms with Crippen LogP contribution in [0.3, 0.4) is 0 Å². The van der Waals surface area contributed by atoms with Gasteiger partial charge in [0.05, 0.1) is 22.6 Å². The Labute approximate surface area is 143 Å². The van der Waals surface area contributed by atoms with Crippen LogP contribution >= 0.6 is 0 Å². The van der Waals surface area contributed by atoms with Gasteiger partial charge in [0.1, 0.15) is 11.4 Å². The number of fused-ring (bicyclic) bond motifs is 2. The van der Waals surface area contributed by atoms with E-state index in [1.165, 1.54) is 22.5 Å². The number of para-hydroxylation sites is 2. The highest BCUT2D eigenvalue weighted by Crippen LogP contribution is 2.39. The van der Waals surface area contributed by atoms with Gasteiger partial charge in [0.2, 0.25) is 0 Å². The largest absolute Gasteiger partial charge is 0.484 e. The molecule has 0 bridgehead atoms. The summed E-state index contributed by atoms with van der Waals surface area (Å²) < 4.78 is 38.7. The predicted octanol–water partition coefficient (Wildman–Crippen LogP) is 2.49. The van der Waals surface area contributed by atoms with E-state index < -0.39 is 21.4 Å². The first-order valence-corrected chi connectivity index (χ1v) is 9.14. The third-order valence-electron chi connectivity index (χ3n) is 4.03. The van der Waals surface area contributed by atoms with Gasteiger partial charge in [0.15, 0.2) is 5.58 Å². The number of nitrogens with one attached hydrogen (secondary N) is 1. The molecule has 3 aromatic rings. The van der Waals surface area contributed by atoms with E-state index in [9.17, 15) is 13.2 Å². The lowest BCUT2D eigenvalue weighted by molar-refractivity contribution is 0.110. The number of aromatic amines is 1. The standard InChI is InChI=1S/C17H16N2O5S/c1-17(2)10-19(13-5-3-4-6-14(13)24-17)25(21,22)11-7-8-12-15(9-11)23-16(20)18-12/h3-9H,10H2,1-2H3,(H,18,20). The zero-order valence-corrected chi connectivity index (χ0v) is 14.5. The number of aromatic nitrogens is 1. The summed E-state index contributed by atoms with van der Waals surface area (Å²) in [6.45, 7) is 3.83. The molecule has 0 saturated carbocycles. The van der Waals surface area contributed by atoms with Crippen LogP contribution in [0.2, 0.25) is 0 Å². The number of oxazole rings is 1. The minimum Gasteiger partial charge on any atom is -0.484 e. The van der Waals surface area contributed by atoms with E-state index in [-0.39, 0.29) is 17.0 Å². The molecular formula is C17H16N2O5S. The molecule has 1 aliphatic heterocycles. The fourth-order valence-corrected chi connectivity index (χ4v) is 4.58. The van der Waals surface area contributed by atoms with Gasteiger partial charge in [-0.3, -0.25) is 9.29 Å². The fraction of sp³-hybridized carbons (Fsp3) is 0.235. The number of rotatable bonds is 2. The highest BCUT2D eigenvalue weighted by atomic mass is 32.2. The van der Waals surface area contributed by atoms with Gasteiger partial charge in [-0.15, -0.1) is 0 Å². The Morgan fingerprint density at radius 3 is 2.72 bits per heavy atom. The Kier molecular flexibility index (Phi) is 3.23. The summed E-state index contributed by atoms with van der Waals surface area (Å²) in [6.07, 6.45) is 0. The third kappa shape index (κ3) is 2.58. The van der Waals surface area contributed by atoms with Crippen LogP contribution in [0.1, 0.15) is 13.8 Å². The minimum absolute atomic E-state index is 0.0512. The second-order valence-corrected chi connectivity index (χ2v) is 8.38. The highest BCUT2D eigenvalue weighted by molar-refractivity contribution is 7.92. The predicted molar refractivity (Wildman–Crippen MR) is 92.5 cm³/mol. The number of nitrogens with zero attached hydrogens (tertiary/aromatic N) is 1. The molecule has 4 rings (SSSR count). The smallest absolute Gasteiger partial charge is 0.417 e. The molecule has 0 aliphatic carbocycles. The first-order chi connectivity index (χ1) is 11.8. The van der Waals surface area contributed by atoms with Crippen LogP contribution in [-0.2, 0) is 10.0 Å². The molecule has 8 heteroatoms. The van der Waals surface area contributed by atoms with Gasteiger partial charge >= 0.3 is 5.76 Å². The second-order valence-electron chi connectivity index (χ2n) is 6.51. The SMILES string of the molecule is CC1(C)CN(S(=O)(=O)c2ccc3[nH]c(=O)oc3c2)c2ccccc2O1. The lowest BCUT2D eigenvalue weighted by Crippen LogP contribution is -2.49. The van der Waals surface area contributed by atoms with Crippen molar-refractivity contribution in [2.45, 2.75) is 24.3 Å². The normalized spacial score (nSPS) is 16.5. The lowest BCUT2D eigenvalue weighted by Gasteiger charge is -2.39. The van der Waals surface area contributed by atoms with E-state index in [1.807, 2.05) is 13.8 Å². The van der Waals surface area contributed by atoms with Gasteiger partial charge in [-0.25, -0.2) is 13.2 Å². The average Bonchev–Trinajstić information content (AvgIpc) is 2.92. The maximum atomic E-state index is 13.2. The number of sulfonamides is 1. The Morgan fingerprint density at radius 1 is 1.16 bits per heavy atom. The summed E-state index contributed by atoms with van der Waals surface area (Å²) in [7, 11) is -3.85. The molecule has 1 N–H and O–H groups in total. The van der Waals surface area contributed by atoms with Crippen LogP contribution in [0, 0.1) is 0 Å². The van der Waals surface area contributed by atoms with Crippen molar-refractivity contribution in [3.05, 3.63) is 53.0 Å². The van der Waals surface area contributed by atoms with Crippen molar-refractivity contribution in [3.63, 3.8) is 0 Å². The van der Waals surface area contributed by atoms with Gasteiger partial charge in [-0.05, 0) is 38.1 Å². The zero-order chi connectivity index (χ0) is 17.8. The van der Waals surface area contributed by atoms with E-state index in [0.717, 1.165) is 0 Å². The first kappa shape index (κ1) is 15.8. The molecule has 0 spiro atoms. The number of hydrogen-bond acceptors (Lipinski definition) is 5. The summed E-state index contributed by atoms with van der Waals surface area (Å²) in [5.41, 5.74) is 0.461. The molecule has 1 aromatic heterocycles. The van der Waals surface area contributed by atoms with E-state index in [2.05, 4.69) is 4.98 Å². The third-order valence-corrected chi connectivity index (χ3v) is 5.78. The molecule has 0 saturated heterocycles. The lowest BCUT2D eigenvalue weighted by atomic mass is 10.1. The minimum atomic E-state index is -3.85. The Hall–Kier alpha value is -2.74. The van der Waals surface area contributed by atoms with Gasteiger partial charge in [0, 0.05) is 6.07 Å². The number of ether oxygens (including phenoxy) is 1. The molecule has 130 valence electrons. The summed E-state index contributed by atoms with van der Waals surface area (Å²) >= 11 is 0. The Morgan fingerprint density at radius 2 is 1.92 bits per heavy atom. The first-order valence-electron chi connectivity index (χ1n) is 7.70. The molecule has 25 heavy (non-hydrogen) atoms. The van der Waals surface area contributed by atoms with Crippen LogP contribution in [0.5, 0.6) is 5.75 Å². The maximum absolute atomic E-state index is 13.2. The molecule has 0 fully saturated rings. The van der Waals surface area contributed by atoms with Gasteiger partial charge in [-0.2, -0.15) is 0 Å². The number of anilines is 1. The molecule has 0 radical (unpaired) electrons. The Balaban J connectivity index is 1.87. The zero-order valence-electron chi connectivity index (χ0n) is 13.6. The van der Waals surface area contributed by atoms with Crippen molar-refractivity contribution in [2.75, 3.05) is 10.8 Å². The van der Waals surface area contributed by atoms with Crippen LogP contribution in [0.4, 0.5) is 5.69 Å². The van der Waals surface area contributed by atoms with Crippen molar-refractivity contribution in [1.29, 1.82) is 0 Å². The van der Waals surface area contributed by atoms with Gasteiger partial charge in [0.25, 0.3) is 10.0 Å². The fourth-order valence-electron chi connectivity index (χ4n) is 2.94. The van der Waals surface area contributed by atoms with Crippen molar-refractivity contribution in [3.8, 4) is 5.75 Å². The van der Waals surface area contributed by atoms with Crippen molar-refractivity contribution < 1.29 is 17.6 Å². The van der Waals surface area contributed by atoms with Gasteiger partial charge in [-0.1, -0.05) is 12.1 Å². The van der Waals surface area contributed by atoms with Crippen LogP contribution in [-0.4, -0.2) is 25.5 Å². The van der Waals surface area contributed by atoms with Crippen LogP contribution < -0.4 is 14.8 Å². The molecule has 2 aromatic carbocycles. The molecule has 2 heterocycles. The highest BCUT2D eigenvalue weighted by Gasteiger charge is 2.38. The topological polar surface area (TPSA) is 92.6 Å². The van der Waals surface area contributed by atoms with E-state index in [4.69, 9.17) is 9.15 Å². The van der Waals surface area contributed by atoms with Crippen LogP contribution in [0.15, 0.2) is 56.6 Å². The quantitative estimate of drug-likeness (QED) is 0.758. The molecule has 7 nitrogen and oxygen atoms in total. The maximum Gasteiger partial charge on any atom is 0.417 e. The van der Waals surface area contributed by atoms with Crippen molar-refractivity contribution >= 4 is 26.8 Å². The molecule has 0 atom stereocenters. The molecular weight excluding hydrogens is 344 g/mol. The number of H-pyrrole nitrogens is 1.